The lowest BCUT2D eigenvalue weighted by atomic mass is 10.5. The fourth-order valence-electron chi connectivity index (χ4n) is 0.176. The van der Waals surface area contributed by atoms with Gasteiger partial charge in [-0.15, -0.1) is 0 Å². The molecular formula is C7H11ClO2. The monoisotopic (exact) mass is 162 g/mol. The van der Waals surface area contributed by atoms with Gasteiger partial charge < -0.3 is 4.74 Å². The number of halogens is 1. The van der Waals surface area contributed by atoms with Gasteiger partial charge in [0.1, 0.15) is 0 Å². The van der Waals surface area contributed by atoms with Crippen LogP contribution in [0.2, 0.25) is 0 Å². The molecule has 0 saturated carbocycles. The van der Waals surface area contributed by atoms with Crippen LogP contribution in [0.15, 0.2) is 25.0 Å². The van der Waals surface area contributed by atoms with E-state index in [1.54, 1.807) is 6.92 Å². The fraction of sp³-hybridized carbons (Fsp3) is 0.286. The van der Waals surface area contributed by atoms with Crippen LogP contribution < -0.4 is 0 Å². The third kappa shape index (κ3) is 15.7. The Morgan fingerprint density at radius 3 is 2.20 bits per heavy atom. The Morgan fingerprint density at radius 1 is 1.70 bits per heavy atom. The van der Waals surface area contributed by atoms with Crippen LogP contribution in [-0.2, 0) is 9.53 Å². The molecule has 0 fully saturated rings. The van der Waals surface area contributed by atoms with Crippen LogP contribution in [-0.4, -0.2) is 5.97 Å². The van der Waals surface area contributed by atoms with Crippen LogP contribution in [0.5, 0.6) is 0 Å². The van der Waals surface area contributed by atoms with Crippen molar-refractivity contribution in [2.45, 2.75) is 13.3 Å². The summed E-state index contributed by atoms with van der Waals surface area (Å²) in [6.07, 6.45) is 1.54. The van der Waals surface area contributed by atoms with Crippen LogP contribution in [0.4, 0.5) is 0 Å². The Morgan fingerprint density at radius 2 is 2.10 bits per heavy atom. The molecule has 0 amide bonds. The fourth-order valence-corrected chi connectivity index (χ4v) is 0.176. The first-order valence-corrected chi connectivity index (χ1v) is 3.18. The average Bonchev–Trinajstić information content (AvgIpc) is 1.90. The second kappa shape index (κ2) is 11.1. The summed E-state index contributed by atoms with van der Waals surface area (Å²) in [5.41, 5.74) is 1.22. The molecule has 0 aliphatic carbocycles. The molecule has 0 radical (unpaired) electrons. The van der Waals surface area contributed by atoms with Gasteiger partial charge in [-0.25, -0.2) is 0 Å². The molecule has 58 valence electrons. The molecule has 2 nitrogen and oxygen atoms in total. The van der Waals surface area contributed by atoms with Gasteiger partial charge >= 0.3 is 5.97 Å². The van der Waals surface area contributed by atoms with E-state index in [-0.39, 0.29) is 5.97 Å². The summed E-state index contributed by atoms with van der Waals surface area (Å²) in [5, 5.41) is 0. The minimum Gasteiger partial charge on any atom is -0.435 e. The summed E-state index contributed by atoms with van der Waals surface area (Å²) in [4.78, 5) is 10.1. The quantitative estimate of drug-likeness (QED) is 0.461. The Balaban J connectivity index is 0. The number of ether oxygens (including phenoxy) is 1. The van der Waals surface area contributed by atoms with Crippen LogP contribution in [0.1, 0.15) is 13.3 Å². The molecule has 0 aliphatic heterocycles. The zero-order valence-corrected chi connectivity index (χ0v) is 6.73. The van der Waals surface area contributed by atoms with E-state index >= 15 is 0 Å². The molecule has 10 heavy (non-hydrogen) atoms. The number of carbonyl (C=O) groups is 1. The molecule has 0 rings (SSSR count). The van der Waals surface area contributed by atoms with Gasteiger partial charge in [-0.1, -0.05) is 31.7 Å². The predicted molar refractivity (Wildman–Crippen MR) is 42.6 cm³/mol. The van der Waals surface area contributed by atoms with Crippen LogP contribution >= 0.6 is 11.6 Å². The van der Waals surface area contributed by atoms with E-state index in [4.69, 9.17) is 11.6 Å². The Labute approximate surface area is 66.1 Å². The zero-order chi connectivity index (χ0) is 8.41. The van der Waals surface area contributed by atoms with Crippen molar-refractivity contribution in [3.05, 3.63) is 25.0 Å². The van der Waals surface area contributed by atoms with Crippen molar-refractivity contribution < 1.29 is 9.53 Å². The summed E-state index contributed by atoms with van der Waals surface area (Å²) in [5.74, 6) is -0.241. The molecule has 0 aromatic carbocycles. The number of carbonyl (C=O) groups excluding carboxylic acids is 1. The molecule has 3 heteroatoms. The zero-order valence-electron chi connectivity index (χ0n) is 5.97. The highest BCUT2D eigenvalue weighted by atomic mass is 35.5. The van der Waals surface area contributed by atoms with Crippen molar-refractivity contribution in [1.29, 1.82) is 0 Å². The van der Waals surface area contributed by atoms with E-state index in [0.717, 1.165) is 6.26 Å². The predicted octanol–water partition coefficient (Wildman–Crippen LogP) is 2.45. The highest BCUT2D eigenvalue weighted by Gasteiger charge is 1.89. The summed E-state index contributed by atoms with van der Waals surface area (Å²) in [6, 6.07) is 0. The standard InChI is InChI=1S/C5H8O2.C2H3Cl/c1-3-5(6)7-4-2;1-2-3/h4H,2-3H2,1H3;2H,1H2. The maximum atomic E-state index is 10.1. The number of hydrogen-bond donors (Lipinski definition) is 0. The second-order valence-corrected chi connectivity index (χ2v) is 1.47. The van der Waals surface area contributed by atoms with Gasteiger partial charge in [0.2, 0.25) is 0 Å². The molecular weight excluding hydrogens is 152 g/mol. The SMILES string of the molecule is C=CCl.C=COC(=O)CC. The van der Waals surface area contributed by atoms with E-state index in [0.29, 0.717) is 6.42 Å². The third-order valence-electron chi connectivity index (χ3n) is 0.503. The van der Waals surface area contributed by atoms with Crippen LogP contribution in [0.25, 0.3) is 0 Å². The topological polar surface area (TPSA) is 26.3 Å². The Hall–Kier alpha value is -0.760. The van der Waals surface area contributed by atoms with Gasteiger partial charge in [0.05, 0.1) is 6.26 Å². The van der Waals surface area contributed by atoms with Gasteiger partial charge in [-0.05, 0) is 5.54 Å². The molecule has 0 aromatic heterocycles. The normalized spacial score (nSPS) is 6.60. The molecule has 0 spiro atoms. The smallest absolute Gasteiger partial charge is 0.310 e. The van der Waals surface area contributed by atoms with Crippen molar-refractivity contribution in [3.8, 4) is 0 Å². The maximum absolute atomic E-state index is 10.1. The van der Waals surface area contributed by atoms with Crippen molar-refractivity contribution in [2.24, 2.45) is 0 Å². The number of rotatable bonds is 2. The molecule has 0 atom stereocenters. The highest BCUT2D eigenvalue weighted by Crippen LogP contribution is 1.81. The lowest BCUT2D eigenvalue weighted by Crippen LogP contribution is -1.94. The van der Waals surface area contributed by atoms with E-state index in [2.05, 4.69) is 17.9 Å². The molecule has 0 unspecified atom stereocenters. The van der Waals surface area contributed by atoms with Crippen molar-refractivity contribution in [2.75, 3.05) is 0 Å². The number of esters is 1. The van der Waals surface area contributed by atoms with Crippen molar-refractivity contribution >= 4 is 17.6 Å². The molecule has 0 aromatic rings. The first-order chi connectivity index (χ1) is 4.72. The summed E-state index contributed by atoms with van der Waals surface area (Å²) >= 11 is 4.76. The van der Waals surface area contributed by atoms with E-state index in [1.807, 2.05) is 0 Å². The lowest BCUT2D eigenvalue weighted by Gasteiger charge is -1.88. The van der Waals surface area contributed by atoms with E-state index in [9.17, 15) is 4.79 Å². The van der Waals surface area contributed by atoms with Crippen molar-refractivity contribution in [3.63, 3.8) is 0 Å². The summed E-state index contributed by atoms with van der Waals surface area (Å²) < 4.78 is 4.32. The third-order valence-corrected chi connectivity index (χ3v) is 0.503. The van der Waals surface area contributed by atoms with Gasteiger partial charge in [0.15, 0.2) is 0 Å². The maximum Gasteiger partial charge on any atom is 0.310 e. The minimum atomic E-state index is -0.241. The second-order valence-electron chi connectivity index (χ2n) is 1.16. The number of hydrogen-bond acceptors (Lipinski definition) is 2. The first-order valence-electron chi connectivity index (χ1n) is 2.74. The first kappa shape index (κ1) is 12.0. The molecule has 0 bridgehead atoms. The van der Waals surface area contributed by atoms with Crippen molar-refractivity contribution in [1.82, 2.24) is 0 Å². The molecule has 0 N–H and O–H groups in total. The minimum absolute atomic E-state index is 0.241. The largest absolute Gasteiger partial charge is 0.435 e. The van der Waals surface area contributed by atoms with E-state index < -0.39 is 0 Å². The van der Waals surface area contributed by atoms with Gasteiger partial charge in [0, 0.05) is 6.42 Å². The van der Waals surface area contributed by atoms with Gasteiger partial charge in [-0.2, -0.15) is 0 Å². The molecule has 0 aliphatic rings. The highest BCUT2D eigenvalue weighted by molar-refractivity contribution is 6.25. The molecule has 0 saturated heterocycles. The van der Waals surface area contributed by atoms with Crippen LogP contribution in [0, 0.1) is 0 Å². The average molecular weight is 163 g/mol. The summed E-state index contributed by atoms with van der Waals surface area (Å²) in [6.45, 7) is 8.06. The summed E-state index contributed by atoms with van der Waals surface area (Å²) in [7, 11) is 0. The van der Waals surface area contributed by atoms with E-state index in [1.165, 1.54) is 5.54 Å². The Kier molecular flexibility index (Phi) is 13.3. The van der Waals surface area contributed by atoms with Crippen LogP contribution in [0.3, 0.4) is 0 Å². The van der Waals surface area contributed by atoms with Gasteiger partial charge in [0.25, 0.3) is 0 Å². The van der Waals surface area contributed by atoms with Gasteiger partial charge in [-0.3, -0.25) is 4.79 Å². The molecule has 0 heterocycles. The Bertz CT molecular complexity index is 110. The lowest BCUT2D eigenvalue weighted by molar-refractivity contribution is -0.137.